The molecule has 0 unspecified atom stereocenters. The number of hydrogen-bond donors (Lipinski definition) is 2. The van der Waals surface area contributed by atoms with Gasteiger partial charge in [-0.05, 0) is 6.42 Å². The Morgan fingerprint density at radius 1 is 1.30 bits per heavy atom. The summed E-state index contributed by atoms with van der Waals surface area (Å²) in [6.07, 6.45) is 0.985. The van der Waals surface area contributed by atoms with Gasteiger partial charge in [-0.1, -0.05) is 18.3 Å². The first-order chi connectivity index (χ1) is 4.75. The topological polar surface area (TPSA) is 40.5 Å². The molecule has 0 saturated heterocycles. The van der Waals surface area contributed by atoms with Crippen molar-refractivity contribution in [2.45, 2.75) is 19.3 Å². The Bertz CT molecular complexity index is 253. The van der Waals surface area contributed by atoms with Gasteiger partial charge in [0.2, 0.25) is 0 Å². The molecular weight excluding hydrogens is 148 g/mol. The lowest BCUT2D eigenvalue weighted by Crippen LogP contribution is -1.69. The minimum absolute atomic E-state index is 0.305. The van der Waals surface area contributed by atoms with Crippen LogP contribution in [-0.4, -0.2) is 10.2 Å². The van der Waals surface area contributed by atoms with Crippen LogP contribution >= 0.6 is 11.3 Å². The standard InChI is InChI=1S/C7H8O2S/c1-2-3-4-5(3)7(9)10-6(4)8/h3,8-9H,2H2,1H3. The number of rotatable bonds is 1. The van der Waals surface area contributed by atoms with E-state index >= 15 is 0 Å². The highest BCUT2D eigenvalue weighted by Gasteiger charge is 2.40. The lowest BCUT2D eigenvalue weighted by Gasteiger charge is -1.90. The van der Waals surface area contributed by atoms with Gasteiger partial charge >= 0.3 is 0 Å². The van der Waals surface area contributed by atoms with Crippen molar-refractivity contribution in [2.75, 3.05) is 0 Å². The highest BCUT2D eigenvalue weighted by atomic mass is 32.1. The highest BCUT2D eigenvalue weighted by molar-refractivity contribution is 7.16. The number of fused-ring (bicyclic) bond motifs is 1. The fourth-order valence-electron chi connectivity index (χ4n) is 1.41. The van der Waals surface area contributed by atoms with Gasteiger partial charge in [0.15, 0.2) is 10.1 Å². The third-order valence-electron chi connectivity index (χ3n) is 1.97. The molecule has 0 bridgehead atoms. The van der Waals surface area contributed by atoms with Crippen molar-refractivity contribution in [3.8, 4) is 10.1 Å². The molecule has 0 saturated carbocycles. The normalized spacial score (nSPS) is 15.3. The van der Waals surface area contributed by atoms with Crippen LogP contribution in [0.15, 0.2) is 0 Å². The lowest BCUT2D eigenvalue weighted by molar-refractivity contribution is 0.479. The molecule has 0 radical (unpaired) electrons. The molecule has 2 nitrogen and oxygen atoms in total. The summed E-state index contributed by atoms with van der Waals surface area (Å²) in [5.74, 6) is 0.362. The van der Waals surface area contributed by atoms with Crippen molar-refractivity contribution in [1.29, 1.82) is 0 Å². The van der Waals surface area contributed by atoms with Crippen molar-refractivity contribution in [2.24, 2.45) is 0 Å². The number of aromatic hydroxyl groups is 2. The lowest BCUT2D eigenvalue weighted by atomic mass is 10.2. The number of hydrogen-bond acceptors (Lipinski definition) is 3. The van der Waals surface area contributed by atoms with E-state index in [0.717, 1.165) is 28.9 Å². The Morgan fingerprint density at radius 2 is 1.80 bits per heavy atom. The van der Waals surface area contributed by atoms with Crippen LogP contribution in [0.2, 0.25) is 0 Å². The van der Waals surface area contributed by atoms with E-state index in [1.165, 1.54) is 0 Å². The monoisotopic (exact) mass is 156 g/mol. The first-order valence-electron chi connectivity index (χ1n) is 3.30. The summed E-state index contributed by atoms with van der Waals surface area (Å²) in [6, 6.07) is 0. The predicted octanol–water partition coefficient (Wildman–Crippen LogP) is 2.01. The van der Waals surface area contributed by atoms with Crippen molar-refractivity contribution < 1.29 is 10.2 Å². The van der Waals surface area contributed by atoms with Gasteiger partial charge in [-0.3, -0.25) is 0 Å². The van der Waals surface area contributed by atoms with Gasteiger partial charge in [-0.2, -0.15) is 0 Å². The molecule has 54 valence electrons. The zero-order valence-corrected chi connectivity index (χ0v) is 6.40. The smallest absolute Gasteiger partial charge is 0.178 e. The van der Waals surface area contributed by atoms with E-state index in [4.69, 9.17) is 10.2 Å². The molecule has 0 aliphatic heterocycles. The average molecular weight is 156 g/mol. The summed E-state index contributed by atoms with van der Waals surface area (Å²) in [7, 11) is 0. The molecule has 1 aromatic heterocycles. The zero-order chi connectivity index (χ0) is 7.30. The van der Waals surface area contributed by atoms with Crippen LogP contribution < -0.4 is 0 Å². The first-order valence-corrected chi connectivity index (χ1v) is 4.11. The molecular formula is C7H8O2S. The fraction of sp³-hybridized carbons (Fsp3) is 0.429. The van der Waals surface area contributed by atoms with Crippen molar-refractivity contribution in [1.82, 2.24) is 0 Å². The maximum absolute atomic E-state index is 9.15. The van der Waals surface area contributed by atoms with Gasteiger partial charge in [-0.25, -0.2) is 0 Å². The van der Waals surface area contributed by atoms with Crippen molar-refractivity contribution in [3.63, 3.8) is 0 Å². The molecule has 1 heterocycles. The van der Waals surface area contributed by atoms with Crippen LogP contribution in [-0.2, 0) is 0 Å². The van der Waals surface area contributed by atoms with E-state index < -0.39 is 0 Å². The molecule has 0 amide bonds. The fourth-order valence-corrected chi connectivity index (χ4v) is 2.32. The molecule has 1 aliphatic rings. The quantitative estimate of drug-likeness (QED) is 0.653. The number of thiophene rings is 1. The van der Waals surface area contributed by atoms with Crippen LogP contribution in [0.1, 0.15) is 30.4 Å². The van der Waals surface area contributed by atoms with E-state index in [1.54, 1.807) is 0 Å². The molecule has 0 spiro atoms. The second-order valence-corrected chi connectivity index (χ2v) is 3.48. The van der Waals surface area contributed by atoms with Crippen LogP contribution in [0.4, 0.5) is 0 Å². The Labute approximate surface area is 62.7 Å². The first kappa shape index (κ1) is 6.04. The second kappa shape index (κ2) is 1.66. The van der Waals surface area contributed by atoms with Crippen molar-refractivity contribution >= 4 is 11.3 Å². The SMILES string of the molecule is CCC1c2c(O)sc(O)c21. The molecule has 10 heavy (non-hydrogen) atoms. The Hall–Kier alpha value is -0.700. The maximum atomic E-state index is 9.15. The third kappa shape index (κ3) is 0.534. The van der Waals surface area contributed by atoms with Gasteiger partial charge in [0, 0.05) is 17.0 Å². The average Bonchev–Trinajstić information content (AvgIpc) is 2.53. The van der Waals surface area contributed by atoms with E-state index in [9.17, 15) is 0 Å². The summed E-state index contributed by atoms with van der Waals surface area (Å²) in [6.45, 7) is 2.05. The van der Waals surface area contributed by atoms with Gasteiger partial charge in [0.1, 0.15) is 0 Å². The van der Waals surface area contributed by atoms with Gasteiger partial charge in [-0.15, -0.1) is 0 Å². The summed E-state index contributed by atoms with van der Waals surface area (Å²) in [4.78, 5) is 0. The van der Waals surface area contributed by atoms with Crippen LogP contribution in [0.5, 0.6) is 10.1 Å². The zero-order valence-electron chi connectivity index (χ0n) is 5.59. The Balaban J connectivity index is 2.43. The van der Waals surface area contributed by atoms with Crippen molar-refractivity contribution in [3.05, 3.63) is 11.1 Å². The second-order valence-electron chi connectivity index (χ2n) is 2.50. The van der Waals surface area contributed by atoms with E-state index in [0.29, 0.717) is 16.0 Å². The van der Waals surface area contributed by atoms with E-state index in [-0.39, 0.29) is 0 Å². The van der Waals surface area contributed by atoms with Crippen LogP contribution in [0, 0.1) is 0 Å². The summed E-state index contributed by atoms with van der Waals surface area (Å²) < 4.78 is 0. The summed E-state index contributed by atoms with van der Waals surface area (Å²) in [5, 5.41) is 18.9. The van der Waals surface area contributed by atoms with Gasteiger partial charge in [0.25, 0.3) is 0 Å². The maximum Gasteiger partial charge on any atom is 0.178 e. The molecule has 0 atom stereocenters. The Morgan fingerprint density at radius 3 is 2.10 bits per heavy atom. The largest absolute Gasteiger partial charge is 0.499 e. The third-order valence-corrected chi connectivity index (χ3v) is 2.79. The Kier molecular flexibility index (Phi) is 1.01. The summed E-state index contributed by atoms with van der Waals surface area (Å²) >= 11 is 1.07. The minimum Gasteiger partial charge on any atom is -0.499 e. The molecule has 0 fully saturated rings. The molecule has 3 heteroatoms. The molecule has 2 N–H and O–H groups in total. The molecule has 1 aromatic rings. The molecule has 1 aliphatic carbocycles. The van der Waals surface area contributed by atoms with E-state index in [1.807, 2.05) is 6.92 Å². The van der Waals surface area contributed by atoms with Crippen LogP contribution in [0.3, 0.4) is 0 Å². The van der Waals surface area contributed by atoms with Crippen LogP contribution in [0.25, 0.3) is 0 Å². The van der Waals surface area contributed by atoms with Gasteiger partial charge < -0.3 is 10.2 Å². The molecule has 2 rings (SSSR count). The predicted molar refractivity (Wildman–Crippen MR) is 39.8 cm³/mol. The summed E-state index contributed by atoms with van der Waals surface area (Å²) in [5.41, 5.74) is 1.95. The highest BCUT2D eigenvalue weighted by Crippen LogP contribution is 2.60. The van der Waals surface area contributed by atoms with Gasteiger partial charge in [0.05, 0.1) is 0 Å². The van der Waals surface area contributed by atoms with E-state index in [2.05, 4.69) is 0 Å². The molecule has 0 aromatic carbocycles. The minimum atomic E-state index is 0.305.